The van der Waals surface area contributed by atoms with E-state index in [0.717, 1.165) is 32.1 Å². The molecule has 1 aliphatic heterocycles. The standard InChI is InChI=1S/C23H31NO4/c1-4-23(2,3)20(25)21(26)24-18-13-12-17(15-18)19(24)22(27)28-14-8-11-16-9-6-5-7-10-16/h5-7,9-10,17-19H,4,8,11-15H2,1-3H3/t17?,18?,19-/m0/s1. The Kier molecular flexibility index (Phi) is 6.21. The molecule has 1 heterocycles. The number of carbonyl (C=O) groups excluding carboxylic acids is 3. The van der Waals surface area contributed by atoms with Crippen LogP contribution in [-0.4, -0.2) is 41.3 Å². The van der Waals surface area contributed by atoms with Crippen molar-refractivity contribution in [3.8, 4) is 0 Å². The van der Waals surface area contributed by atoms with E-state index in [1.54, 1.807) is 18.7 Å². The number of likely N-dealkylation sites (tertiary alicyclic amines) is 1. The third kappa shape index (κ3) is 4.13. The SMILES string of the molecule is CCC(C)(C)C(=O)C(=O)N1C2CCC(C2)[C@H]1C(=O)OCCCc1ccccc1. The Morgan fingerprint density at radius 2 is 1.86 bits per heavy atom. The number of piperidine rings is 1. The summed E-state index contributed by atoms with van der Waals surface area (Å²) in [6, 6.07) is 9.48. The first-order valence-corrected chi connectivity index (χ1v) is 10.4. The molecule has 1 amide bonds. The molecule has 2 aliphatic rings. The van der Waals surface area contributed by atoms with Gasteiger partial charge in [-0.1, -0.05) is 51.1 Å². The molecule has 1 saturated heterocycles. The fraction of sp³-hybridized carbons (Fsp3) is 0.609. The van der Waals surface area contributed by atoms with Gasteiger partial charge in [0.2, 0.25) is 5.78 Å². The molecule has 2 bridgehead atoms. The summed E-state index contributed by atoms with van der Waals surface area (Å²) in [5.74, 6) is -1.14. The maximum absolute atomic E-state index is 12.9. The average Bonchev–Trinajstić information content (AvgIpc) is 3.32. The van der Waals surface area contributed by atoms with E-state index >= 15 is 0 Å². The second-order valence-corrected chi connectivity index (χ2v) is 8.71. The zero-order valence-corrected chi connectivity index (χ0v) is 17.1. The summed E-state index contributed by atoms with van der Waals surface area (Å²) >= 11 is 0. The van der Waals surface area contributed by atoms with Crippen LogP contribution in [0.2, 0.25) is 0 Å². The van der Waals surface area contributed by atoms with Crippen LogP contribution in [0.15, 0.2) is 30.3 Å². The number of fused-ring (bicyclic) bond motifs is 2. The van der Waals surface area contributed by atoms with Crippen molar-refractivity contribution in [1.82, 2.24) is 4.90 Å². The predicted octanol–water partition coefficient (Wildman–Crippen LogP) is 3.55. The minimum atomic E-state index is -0.705. The highest BCUT2D eigenvalue weighted by Gasteiger charge is 2.54. The number of ketones is 1. The number of nitrogens with zero attached hydrogens (tertiary/aromatic N) is 1. The number of rotatable bonds is 8. The van der Waals surface area contributed by atoms with Gasteiger partial charge < -0.3 is 9.64 Å². The minimum Gasteiger partial charge on any atom is -0.464 e. The van der Waals surface area contributed by atoms with Gasteiger partial charge in [-0.15, -0.1) is 0 Å². The van der Waals surface area contributed by atoms with Gasteiger partial charge in [-0.3, -0.25) is 9.59 Å². The molecule has 2 unspecified atom stereocenters. The Balaban J connectivity index is 1.60. The third-order valence-corrected chi connectivity index (χ3v) is 6.45. The van der Waals surface area contributed by atoms with E-state index in [9.17, 15) is 14.4 Å². The summed E-state index contributed by atoms with van der Waals surface area (Å²) < 4.78 is 5.53. The largest absolute Gasteiger partial charge is 0.464 e. The van der Waals surface area contributed by atoms with Gasteiger partial charge in [0.1, 0.15) is 6.04 Å². The van der Waals surface area contributed by atoms with Crippen LogP contribution >= 0.6 is 0 Å². The molecule has 1 aliphatic carbocycles. The van der Waals surface area contributed by atoms with Crippen molar-refractivity contribution < 1.29 is 19.1 Å². The van der Waals surface area contributed by atoms with Crippen molar-refractivity contribution in [2.45, 2.75) is 71.4 Å². The number of Topliss-reactive ketones (excluding diaryl/α,β-unsaturated/α-hetero) is 1. The molecule has 5 heteroatoms. The van der Waals surface area contributed by atoms with Crippen molar-refractivity contribution in [3.05, 3.63) is 35.9 Å². The number of benzene rings is 1. The molecule has 3 atom stereocenters. The van der Waals surface area contributed by atoms with Crippen molar-refractivity contribution in [1.29, 1.82) is 0 Å². The maximum atomic E-state index is 12.9. The summed E-state index contributed by atoms with van der Waals surface area (Å²) in [6.07, 6.45) is 4.77. The first-order chi connectivity index (χ1) is 13.3. The lowest BCUT2D eigenvalue weighted by Crippen LogP contribution is -2.54. The van der Waals surface area contributed by atoms with E-state index in [2.05, 4.69) is 12.1 Å². The van der Waals surface area contributed by atoms with Crippen LogP contribution in [0.3, 0.4) is 0 Å². The van der Waals surface area contributed by atoms with Gasteiger partial charge in [-0.05, 0) is 50.0 Å². The van der Waals surface area contributed by atoms with Crippen molar-refractivity contribution in [3.63, 3.8) is 0 Å². The summed E-state index contributed by atoms with van der Waals surface area (Å²) in [7, 11) is 0. The van der Waals surface area contributed by atoms with Gasteiger partial charge in [0, 0.05) is 11.5 Å². The topological polar surface area (TPSA) is 63.7 Å². The van der Waals surface area contributed by atoms with Crippen LogP contribution in [0, 0.1) is 11.3 Å². The van der Waals surface area contributed by atoms with Gasteiger partial charge >= 0.3 is 5.97 Å². The molecular formula is C23H31NO4. The zero-order chi connectivity index (χ0) is 20.3. The van der Waals surface area contributed by atoms with E-state index in [1.165, 1.54) is 5.56 Å². The molecule has 0 aromatic heterocycles. The minimum absolute atomic E-state index is 0.00373. The first-order valence-electron chi connectivity index (χ1n) is 10.4. The first kappa shape index (κ1) is 20.6. The van der Waals surface area contributed by atoms with Crippen molar-refractivity contribution in [2.75, 3.05) is 6.61 Å². The van der Waals surface area contributed by atoms with Crippen LogP contribution in [-0.2, 0) is 25.5 Å². The van der Waals surface area contributed by atoms with Gasteiger partial charge in [-0.2, -0.15) is 0 Å². The van der Waals surface area contributed by atoms with Gasteiger partial charge in [0.25, 0.3) is 5.91 Å². The number of ether oxygens (including phenoxy) is 1. The molecule has 2 fully saturated rings. The predicted molar refractivity (Wildman–Crippen MR) is 107 cm³/mol. The molecule has 3 rings (SSSR count). The molecule has 0 spiro atoms. The Morgan fingerprint density at radius 1 is 1.14 bits per heavy atom. The fourth-order valence-corrected chi connectivity index (χ4v) is 4.33. The van der Waals surface area contributed by atoms with Gasteiger partial charge in [0.15, 0.2) is 0 Å². The van der Waals surface area contributed by atoms with Crippen molar-refractivity contribution in [2.24, 2.45) is 11.3 Å². The highest BCUT2D eigenvalue weighted by atomic mass is 16.5. The fourth-order valence-electron chi connectivity index (χ4n) is 4.33. The average molecular weight is 386 g/mol. The Morgan fingerprint density at radius 3 is 2.54 bits per heavy atom. The number of hydrogen-bond donors (Lipinski definition) is 0. The number of esters is 1. The number of amides is 1. The lowest BCUT2D eigenvalue weighted by atomic mass is 9.84. The van der Waals surface area contributed by atoms with Crippen LogP contribution in [0.25, 0.3) is 0 Å². The molecule has 1 aromatic rings. The maximum Gasteiger partial charge on any atom is 0.329 e. The lowest BCUT2D eigenvalue weighted by Gasteiger charge is -2.35. The number of aryl methyl sites for hydroxylation is 1. The number of carbonyl (C=O) groups is 3. The van der Waals surface area contributed by atoms with Crippen LogP contribution < -0.4 is 0 Å². The Hall–Kier alpha value is -2.17. The Labute approximate surface area is 167 Å². The van der Waals surface area contributed by atoms with E-state index < -0.39 is 23.1 Å². The highest BCUT2D eigenvalue weighted by molar-refractivity contribution is 6.38. The van der Waals surface area contributed by atoms with Crippen LogP contribution in [0.4, 0.5) is 0 Å². The molecule has 28 heavy (non-hydrogen) atoms. The quantitative estimate of drug-likeness (QED) is 0.390. The molecular weight excluding hydrogens is 354 g/mol. The smallest absolute Gasteiger partial charge is 0.329 e. The third-order valence-electron chi connectivity index (χ3n) is 6.45. The summed E-state index contributed by atoms with van der Waals surface area (Å²) in [5, 5.41) is 0. The summed E-state index contributed by atoms with van der Waals surface area (Å²) in [6.45, 7) is 5.81. The van der Waals surface area contributed by atoms with E-state index in [-0.39, 0.29) is 17.9 Å². The van der Waals surface area contributed by atoms with E-state index in [0.29, 0.717) is 13.0 Å². The molecule has 0 radical (unpaired) electrons. The monoisotopic (exact) mass is 385 g/mol. The summed E-state index contributed by atoms with van der Waals surface area (Å²) in [5.41, 5.74) is 0.506. The normalized spacial score (nSPS) is 23.7. The molecule has 1 aromatic carbocycles. The van der Waals surface area contributed by atoms with Gasteiger partial charge in [-0.25, -0.2) is 4.79 Å². The van der Waals surface area contributed by atoms with Gasteiger partial charge in [0.05, 0.1) is 6.61 Å². The van der Waals surface area contributed by atoms with E-state index in [1.807, 2.05) is 25.1 Å². The van der Waals surface area contributed by atoms with Crippen LogP contribution in [0.5, 0.6) is 0 Å². The van der Waals surface area contributed by atoms with E-state index in [4.69, 9.17) is 4.74 Å². The second-order valence-electron chi connectivity index (χ2n) is 8.71. The molecule has 152 valence electrons. The lowest BCUT2D eigenvalue weighted by molar-refractivity contribution is -0.161. The van der Waals surface area contributed by atoms with Crippen molar-refractivity contribution >= 4 is 17.7 Å². The Bertz CT molecular complexity index is 727. The highest BCUT2D eigenvalue weighted by Crippen LogP contribution is 2.43. The second kappa shape index (κ2) is 8.46. The van der Waals surface area contributed by atoms with Crippen LogP contribution in [0.1, 0.15) is 58.4 Å². The number of hydrogen-bond acceptors (Lipinski definition) is 4. The molecule has 5 nitrogen and oxygen atoms in total. The summed E-state index contributed by atoms with van der Waals surface area (Å²) in [4.78, 5) is 40.0. The zero-order valence-electron chi connectivity index (χ0n) is 17.1. The molecule has 1 saturated carbocycles. The molecule has 0 N–H and O–H groups in total.